The van der Waals surface area contributed by atoms with Crippen LogP contribution in [-0.2, 0) is 5.79 Å². The van der Waals surface area contributed by atoms with E-state index in [1.807, 2.05) is 6.07 Å². The Labute approximate surface area is 231 Å². The maximum Gasteiger partial charge on any atom is 0.306 e. The van der Waals surface area contributed by atoms with E-state index in [2.05, 4.69) is 138 Å². The molecular formula is C37H23NO2. The van der Waals surface area contributed by atoms with Crippen LogP contribution >= 0.6 is 0 Å². The molecule has 0 N–H and O–H groups in total. The minimum absolute atomic E-state index is 0.760. The molecule has 9 rings (SSSR count). The van der Waals surface area contributed by atoms with Gasteiger partial charge in [-0.25, -0.2) is 0 Å². The van der Waals surface area contributed by atoms with E-state index in [0.29, 0.717) is 0 Å². The average molecular weight is 514 g/mol. The second kappa shape index (κ2) is 7.87. The standard InChI is InChI=1S/C37H23NO2/c1-2-10-26(11-3-1)38-33-17-9-6-14-29(33)30-22-24(18-20-34(30)38)25-19-21-35-36(23-25)40-37(39-35)31-15-7-4-12-27(31)28-13-5-8-16-32(28)37/h1-23H. The third kappa shape index (κ3) is 2.84. The number of para-hydroxylation sites is 2. The Hall–Kier alpha value is -5.28. The van der Waals surface area contributed by atoms with Gasteiger partial charge in [0.1, 0.15) is 0 Å². The highest BCUT2D eigenvalue weighted by molar-refractivity contribution is 6.10. The van der Waals surface area contributed by atoms with E-state index >= 15 is 0 Å². The van der Waals surface area contributed by atoms with Crippen LogP contribution in [0.4, 0.5) is 0 Å². The van der Waals surface area contributed by atoms with Crippen LogP contribution in [0.15, 0.2) is 140 Å². The summed E-state index contributed by atoms with van der Waals surface area (Å²) in [4.78, 5) is 0. The third-order valence-corrected chi connectivity index (χ3v) is 8.32. The van der Waals surface area contributed by atoms with Gasteiger partial charge < -0.3 is 14.0 Å². The molecule has 1 aliphatic heterocycles. The summed E-state index contributed by atoms with van der Waals surface area (Å²) in [6.07, 6.45) is 0. The summed E-state index contributed by atoms with van der Waals surface area (Å²) >= 11 is 0. The number of benzene rings is 6. The van der Waals surface area contributed by atoms with Gasteiger partial charge in [-0.05, 0) is 64.7 Å². The van der Waals surface area contributed by atoms with Crippen molar-refractivity contribution in [1.82, 2.24) is 4.57 Å². The van der Waals surface area contributed by atoms with Crippen molar-refractivity contribution in [3.63, 3.8) is 0 Å². The molecule has 0 unspecified atom stereocenters. The second-order valence-corrected chi connectivity index (χ2v) is 10.5. The molecule has 0 radical (unpaired) electrons. The van der Waals surface area contributed by atoms with E-state index in [9.17, 15) is 0 Å². The van der Waals surface area contributed by atoms with E-state index in [4.69, 9.17) is 9.47 Å². The molecule has 0 fully saturated rings. The fraction of sp³-hybridized carbons (Fsp3) is 0.0270. The maximum atomic E-state index is 6.76. The topological polar surface area (TPSA) is 23.4 Å². The number of hydrogen-bond acceptors (Lipinski definition) is 2. The minimum atomic E-state index is -0.957. The SMILES string of the molecule is c1ccc(-n2c3ccccc3c3cc(-c4ccc5c(c4)OC4(O5)c5ccccc5-c5ccccc54)ccc32)cc1. The lowest BCUT2D eigenvalue weighted by Crippen LogP contribution is -2.34. The fourth-order valence-corrected chi connectivity index (χ4v) is 6.56. The maximum absolute atomic E-state index is 6.76. The molecule has 3 nitrogen and oxygen atoms in total. The van der Waals surface area contributed by atoms with Gasteiger partial charge in [-0.2, -0.15) is 0 Å². The van der Waals surface area contributed by atoms with Crippen molar-refractivity contribution in [2.24, 2.45) is 0 Å². The molecule has 7 aromatic rings. The highest BCUT2D eigenvalue weighted by Crippen LogP contribution is 2.56. The van der Waals surface area contributed by atoms with Crippen molar-refractivity contribution in [3.05, 3.63) is 151 Å². The summed E-state index contributed by atoms with van der Waals surface area (Å²) in [6, 6.07) is 48.9. The monoisotopic (exact) mass is 513 g/mol. The Morgan fingerprint density at radius 2 is 1.05 bits per heavy atom. The highest BCUT2D eigenvalue weighted by atomic mass is 16.7. The normalized spacial score (nSPS) is 14.1. The first kappa shape index (κ1) is 21.6. The first-order chi connectivity index (χ1) is 19.8. The van der Waals surface area contributed by atoms with E-state index in [0.717, 1.165) is 50.6 Å². The number of ether oxygens (including phenoxy) is 2. The smallest absolute Gasteiger partial charge is 0.306 e. The van der Waals surface area contributed by atoms with Gasteiger partial charge in [-0.3, -0.25) is 0 Å². The van der Waals surface area contributed by atoms with Crippen LogP contribution in [0.3, 0.4) is 0 Å². The van der Waals surface area contributed by atoms with Gasteiger partial charge in [-0.1, -0.05) is 97.1 Å². The average Bonchev–Trinajstić information content (AvgIpc) is 3.66. The molecule has 0 bridgehead atoms. The summed E-state index contributed by atoms with van der Waals surface area (Å²) in [5.41, 5.74) is 10.2. The van der Waals surface area contributed by atoms with Crippen LogP contribution < -0.4 is 9.47 Å². The molecule has 1 aliphatic carbocycles. The van der Waals surface area contributed by atoms with E-state index in [-0.39, 0.29) is 0 Å². The van der Waals surface area contributed by atoms with Crippen molar-refractivity contribution in [2.45, 2.75) is 5.79 Å². The summed E-state index contributed by atoms with van der Waals surface area (Å²) in [6.45, 7) is 0. The predicted octanol–water partition coefficient (Wildman–Crippen LogP) is 9.10. The molecule has 6 aromatic carbocycles. The Bertz CT molecular complexity index is 2080. The van der Waals surface area contributed by atoms with Gasteiger partial charge in [-0.15, -0.1) is 0 Å². The lowest BCUT2D eigenvalue weighted by atomic mass is 10.0. The van der Waals surface area contributed by atoms with E-state index < -0.39 is 5.79 Å². The number of fused-ring (bicyclic) bond motifs is 9. The Morgan fingerprint density at radius 3 is 1.85 bits per heavy atom. The molecule has 3 heteroatoms. The molecule has 0 saturated heterocycles. The first-order valence-corrected chi connectivity index (χ1v) is 13.6. The first-order valence-electron chi connectivity index (χ1n) is 13.6. The van der Waals surface area contributed by atoms with Gasteiger partial charge >= 0.3 is 5.79 Å². The van der Waals surface area contributed by atoms with Crippen molar-refractivity contribution in [3.8, 4) is 39.4 Å². The zero-order chi connectivity index (χ0) is 26.3. The molecule has 0 amide bonds. The zero-order valence-electron chi connectivity index (χ0n) is 21.5. The fourth-order valence-electron chi connectivity index (χ4n) is 6.56. The van der Waals surface area contributed by atoms with Gasteiger partial charge in [0.25, 0.3) is 0 Å². The molecule has 40 heavy (non-hydrogen) atoms. The number of rotatable bonds is 2. The lowest BCUT2D eigenvalue weighted by Gasteiger charge is -2.25. The van der Waals surface area contributed by atoms with Crippen molar-refractivity contribution >= 4 is 21.8 Å². The quantitative estimate of drug-likeness (QED) is 0.230. The number of hydrogen-bond donors (Lipinski definition) is 0. The Morgan fingerprint density at radius 1 is 0.450 bits per heavy atom. The van der Waals surface area contributed by atoms with Crippen LogP contribution in [0.2, 0.25) is 0 Å². The summed E-state index contributed by atoms with van der Waals surface area (Å²) in [7, 11) is 0. The molecule has 0 atom stereocenters. The molecule has 1 aromatic heterocycles. The predicted molar refractivity (Wildman–Crippen MR) is 160 cm³/mol. The Balaban J connectivity index is 1.17. The zero-order valence-corrected chi connectivity index (χ0v) is 21.5. The van der Waals surface area contributed by atoms with Crippen LogP contribution in [0.1, 0.15) is 11.1 Å². The third-order valence-electron chi connectivity index (χ3n) is 8.32. The second-order valence-electron chi connectivity index (χ2n) is 10.5. The summed E-state index contributed by atoms with van der Waals surface area (Å²) < 4.78 is 15.8. The summed E-state index contributed by atoms with van der Waals surface area (Å²) in [5.74, 6) is 0.564. The van der Waals surface area contributed by atoms with Crippen molar-refractivity contribution in [1.29, 1.82) is 0 Å². The summed E-state index contributed by atoms with van der Waals surface area (Å²) in [5, 5.41) is 2.46. The minimum Gasteiger partial charge on any atom is -0.440 e. The Kier molecular flexibility index (Phi) is 4.26. The molecule has 2 aliphatic rings. The van der Waals surface area contributed by atoms with Gasteiger partial charge in [0.05, 0.1) is 11.0 Å². The molecule has 2 heterocycles. The number of nitrogens with zero attached hydrogens (tertiary/aromatic N) is 1. The molecular weight excluding hydrogens is 490 g/mol. The lowest BCUT2D eigenvalue weighted by molar-refractivity contribution is -0.0417. The van der Waals surface area contributed by atoms with Crippen molar-refractivity contribution in [2.75, 3.05) is 0 Å². The van der Waals surface area contributed by atoms with Gasteiger partial charge in [0, 0.05) is 27.6 Å². The van der Waals surface area contributed by atoms with Gasteiger partial charge in [0.15, 0.2) is 11.5 Å². The van der Waals surface area contributed by atoms with Crippen molar-refractivity contribution < 1.29 is 9.47 Å². The van der Waals surface area contributed by atoms with Crippen LogP contribution in [-0.4, -0.2) is 4.57 Å². The van der Waals surface area contributed by atoms with Crippen LogP contribution in [0.5, 0.6) is 11.5 Å². The highest BCUT2D eigenvalue weighted by Gasteiger charge is 2.52. The van der Waals surface area contributed by atoms with Crippen LogP contribution in [0.25, 0.3) is 49.7 Å². The molecule has 1 spiro atoms. The van der Waals surface area contributed by atoms with E-state index in [1.54, 1.807) is 0 Å². The van der Waals surface area contributed by atoms with E-state index in [1.165, 1.54) is 21.8 Å². The van der Waals surface area contributed by atoms with Crippen LogP contribution in [0, 0.1) is 0 Å². The molecule has 188 valence electrons. The van der Waals surface area contributed by atoms with Gasteiger partial charge in [0.2, 0.25) is 0 Å². The largest absolute Gasteiger partial charge is 0.440 e. The number of aromatic nitrogens is 1. The molecule has 0 saturated carbocycles.